The number of carbonyl (C=O) groups is 2. The second kappa shape index (κ2) is 10.9. The van der Waals surface area contributed by atoms with Crippen molar-refractivity contribution >= 4 is 40.9 Å². The third-order valence-electron chi connectivity index (χ3n) is 4.62. The van der Waals surface area contributed by atoms with E-state index in [9.17, 15) is 9.59 Å². The highest BCUT2D eigenvalue weighted by atomic mass is 35.5. The Morgan fingerprint density at radius 2 is 1.94 bits per heavy atom. The third kappa shape index (κ3) is 5.77. The van der Waals surface area contributed by atoms with Crippen molar-refractivity contribution in [2.24, 2.45) is 0 Å². The Bertz CT molecular complexity index is 1280. The molecule has 2 aromatic carbocycles. The first-order valence-electron chi connectivity index (χ1n) is 10.1. The molecule has 0 aliphatic heterocycles. The Kier molecular flexibility index (Phi) is 7.51. The predicted molar refractivity (Wildman–Crippen MR) is 129 cm³/mol. The summed E-state index contributed by atoms with van der Waals surface area (Å²) in [5.74, 6) is 0.887. The van der Waals surface area contributed by atoms with E-state index in [0.717, 1.165) is 0 Å². The summed E-state index contributed by atoms with van der Waals surface area (Å²) in [6.45, 7) is 0.0949. The molecule has 0 aliphatic carbocycles. The van der Waals surface area contributed by atoms with E-state index in [1.807, 2.05) is 6.07 Å². The number of nitrogens with zero attached hydrogens (tertiary/aromatic N) is 3. The molecule has 0 saturated carbocycles. The summed E-state index contributed by atoms with van der Waals surface area (Å²) in [5, 5.41) is 15.0. The highest BCUT2D eigenvalue weighted by molar-refractivity contribution is 7.99. The standard InChI is InChI=1S/C23H20ClN5O4S/c1-32-18-9-7-16(8-10-18)26-21(30)14-34-23-28-27-20(13-25-22(31)19-6-3-11-33-19)29(23)17-5-2-4-15(24)12-17/h2-12H,13-14H2,1H3,(H,25,31)(H,26,30). The van der Waals surface area contributed by atoms with Gasteiger partial charge in [0.25, 0.3) is 5.91 Å². The smallest absolute Gasteiger partial charge is 0.287 e. The maximum absolute atomic E-state index is 12.5. The van der Waals surface area contributed by atoms with Gasteiger partial charge in [-0.25, -0.2) is 0 Å². The molecule has 0 bridgehead atoms. The van der Waals surface area contributed by atoms with Crippen LogP contribution in [0.4, 0.5) is 5.69 Å². The number of benzene rings is 2. The van der Waals surface area contributed by atoms with Crippen LogP contribution in [0.1, 0.15) is 16.4 Å². The van der Waals surface area contributed by atoms with Crippen molar-refractivity contribution in [2.75, 3.05) is 18.2 Å². The number of halogens is 1. The Hall–Kier alpha value is -3.76. The van der Waals surface area contributed by atoms with Crippen LogP contribution in [0.3, 0.4) is 0 Å². The van der Waals surface area contributed by atoms with E-state index in [1.165, 1.54) is 18.0 Å². The molecular formula is C23H20ClN5O4S. The second-order valence-electron chi connectivity index (χ2n) is 6.94. The van der Waals surface area contributed by atoms with Crippen molar-refractivity contribution in [3.05, 3.63) is 83.5 Å². The summed E-state index contributed by atoms with van der Waals surface area (Å²) in [7, 11) is 1.58. The van der Waals surface area contributed by atoms with E-state index in [2.05, 4.69) is 20.8 Å². The quantitative estimate of drug-likeness (QED) is 0.333. The average Bonchev–Trinajstić information content (AvgIpc) is 3.52. The number of thioether (sulfide) groups is 1. The van der Waals surface area contributed by atoms with Gasteiger partial charge in [-0.3, -0.25) is 14.2 Å². The first kappa shape index (κ1) is 23.4. The zero-order valence-corrected chi connectivity index (χ0v) is 19.6. The summed E-state index contributed by atoms with van der Waals surface area (Å²) in [6, 6.07) is 17.4. The SMILES string of the molecule is COc1ccc(NC(=O)CSc2nnc(CNC(=O)c3ccco3)n2-c2cccc(Cl)c2)cc1. The van der Waals surface area contributed by atoms with E-state index in [4.69, 9.17) is 20.8 Å². The van der Waals surface area contributed by atoms with Crippen LogP contribution in [0.25, 0.3) is 5.69 Å². The Labute approximate surface area is 204 Å². The van der Waals surface area contributed by atoms with Gasteiger partial charge in [-0.2, -0.15) is 0 Å². The number of methoxy groups -OCH3 is 1. The van der Waals surface area contributed by atoms with Crippen LogP contribution < -0.4 is 15.4 Å². The van der Waals surface area contributed by atoms with Crippen LogP contribution >= 0.6 is 23.4 Å². The van der Waals surface area contributed by atoms with Crippen LogP contribution in [0.15, 0.2) is 76.5 Å². The molecular weight excluding hydrogens is 478 g/mol. The molecule has 0 saturated heterocycles. The zero-order valence-electron chi connectivity index (χ0n) is 18.0. The number of amides is 2. The van der Waals surface area contributed by atoms with Gasteiger partial charge in [0, 0.05) is 10.7 Å². The van der Waals surface area contributed by atoms with Crippen LogP contribution in [-0.2, 0) is 11.3 Å². The number of carbonyl (C=O) groups excluding carboxylic acids is 2. The van der Waals surface area contributed by atoms with E-state index in [-0.39, 0.29) is 29.9 Å². The number of furan rings is 1. The zero-order chi connectivity index (χ0) is 23.9. The van der Waals surface area contributed by atoms with Gasteiger partial charge in [-0.15, -0.1) is 10.2 Å². The largest absolute Gasteiger partial charge is 0.497 e. The lowest BCUT2D eigenvalue weighted by molar-refractivity contribution is -0.113. The normalized spacial score (nSPS) is 10.6. The van der Waals surface area contributed by atoms with Crippen LogP contribution in [0.2, 0.25) is 5.02 Å². The fourth-order valence-corrected chi connectivity index (χ4v) is 3.99. The first-order valence-corrected chi connectivity index (χ1v) is 11.5. The minimum absolute atomic E-state index is 0.0949. The lowest BCUT2D eigenvalue weighted by atomic mass is 10.3. The maximum atomic E-state index is 12.5. The van der Waals surface area contributed by atoms with E-state index in [0.29, 0.717) is 33.1 Å². The Morgan fingerprint density at radius 3 is 2.65 bits per heavy atom. The number of ether oxygens (including phenoxy) is 1. The molecule has 4 rings (SSSR count). The highest BCUT2D eigenvalue weighted by Crippen LogP contribution is 2.24. The molecule has 0 atom stereocenters. The lowest BCUT2D eigenvalue weighted by Gasteiger charge is -2.11. The summed E-state index contributed by atoms with van der Waals surface area (Å²) in [6.07, 6.45) is 1.43. The number of aromatic nitrogens is 3. The van der Waals surface area contributed by atoms with E-state index in [1.54, 1.807) is 66.3 Å². The molecule has 0 spiro atoms. The molecule has 11 heteroatoms. The number of anilines is 1. The van der Waals surface area contributed by atoms with E-state index < -0.39 is 0 Å². The average molecular weight is 498 g/mol. The van der Waals surface area contributed by atoms with Crippen molar-refractivity contribution in [2.45, 2.75) is 11.7 Å². The van der Waals surface area contributed by atoms with Gasteiger partial charge < -0.3 is 19.8 Å². The Balaban J connectivity index is 1.48. The molecule has 2 heterocycles. The van der Waals surface area contributed by atoms with Gasteiger partial charge in [0.05, 0.1) is 31.4 Å². The van der Waals surface area contributed by atoms with Gasteiger partial charge >= 0.3 is 0 Å². The van der Waals surface area contributed by atoms with Crippen molar-refractivity contribution in [1.82, 2.24) is 20.1 Å². The van der Waals surface area contributed by atoms with Gasteiger partial charge in [0.15, 0.2) is 16.7 Å². The molecule has 2 amide bonds. The maximum Gasteiger partial charge on any atom is 0.287 e. The first-order chi connectivity index (χ1) is 16.5. The molecule has 174 valence electrons. The van der Waals surface area contributed by atoms with Crippen LogP contribution in [0.5, 0.6) is 5.75 Å². The minimum atomic E-state index is -0.376. The monoisotopic (exact) mass is 497 g/mol. The fraction of sp³-hybridized carbons (Fsp3) is 0.130. The topological polar surface area (TPSA) is 111 Å². The summed E-state index contributed by atoms with van der Waals surface area (Å²) >= 11 is 7.40. The van der Waals surface area contributed by atoms with Crippen molar-refractivity contribution in [3.63, 3.8) is 0 Å². The number of nitrogens with one attached hydrogen (secondary N) is 2. The molecule has 0 fully saturated rings. The molecule has 4 aromatic rings. The lowest BCUT2D eigenvalue weighted by Crippen LogP contribution is -2.24. The third-order valence-corrected chi connectivity index (χ3v) is 5.79. The fourth-order valence-electron chi connectivity index (χ4n) is 3.04. The number of hydrogen-bond donors (Lipinski definition) is 2. The summed E-state index contributed by atoms with van der Waals surface area (Å²) in [4.78, 5) is 24.8. The van der Waals surface area contributed by atoms with Gasteiger partial charge in [0.1, 0.15) is 5.75 Å². The Morgan fingerprint density at radius 1 is 1.12 bits per heavy atom. The summed E-state index contributed by atoms with van der Waals surface area (Å²) in [5.41, 5.74) is 1.36. The van der Waals surface area contributed by atoms with Crippen molar-refractivity contribution in [1.29, 1.82) is 0 Å². The molecule has 0 unspecified atom stereocenters. The van der Waals surface area contributed by atoms with Gasteiger partial charge in [-0.05, 0) is 54.6 Å². The molecule has 34 heavy (non-hydrogen) atoms. The van der Waals surface area contributed by atoms with Gasteiger partial charge in [0.2, 0.25) is 5.91 Å². The highest BCUT2D eigenvalue weighted by Gasteiger charge is 2.18. The predicted octanol–water partition coefficient (Wildman–Crippen LogP) is 4.18. The number of hydrogen-bond acceptors (Lipinski definition) is 7. The molecule has 0 aliphatic rings. The van der Waals surface area contributed by atoms with Crippen LogP contribution in [-0.4, -0.2) is 39.4 Å². The van der Waals surface area contributed by atoms with Crippen molar-refractivity contribution in [3.8, 4) is 11.4 Å². The molecule has 2 aromatic heterocycles. The van der Waals surface area contributed by atoms with E-state index >= 15 is 0 Å². The molecule has 0 radical (unpaired) electrons. The number of rotatable bonds is 9. The second-order valence-corrected chi connectivity index (χ2v) is 8.32. The minimum Gasteiger partial charge on any atom is -0.497 e. The van der Waals surface area contributed by atoms with Crippen molar-refractivity contribution < 1.29 is 18.7 Å². The molecule has 9 nitrogen and oxygen atoms in total. The molecule has 2 N–H and O–H groups in total. The van der Waals surface area contributed by atoms with Crippen LogP contribution in [0, 0.1) is 0 Å². The summed E-state index contributed by atoms with van der Waals surface area (Å²) < 4.78 is 12.0. The van der Waals surface area contributed by atoms with Gasteiger partial charge in [-0.1, -0.05) is 29.4 Å².